The van der Waals surface area contributed by atoms with E-state index in [1.54, 1.807) is 6.07 Å². The highest BCUT2D eigenvalue weighted by atomic mass is 35.5. The zero-order chi connectivity index (χ0) is 21.4. The van der Waals surface area contributed by atoms with Crippen LogP contribution in [0, 0.1) is 0 Å². The maximum atomic E-state index is 12.0. The monoisotopic (exact) mass is 437 g/mol. The second-order valence-corrected chi connectivity index (χ2v) is 6.69. The van der Waals surface area contributed by atoms with Crippen molar-refractivity contribution in [3.63, 3.8) is 0 Å². The number of amides is 1. The summed E-state index contributed by atoms with van der Waals surface area (Å²) in [5.74, 6) is -1.68. The van der Waals surface area contributed by atoms with Gasteiger partial charge in [-0.25, -0.2) is 0 Å². The highest BCUT2D eigenvalue weighted by Crippen LogP contribution is 2.25. The van der Waals surface area contributed by atoms with E-state index in [-0.39, 0.29) is 12.8 Å². The van der Waals surface area contributed by atoms with E-state index < -0.39 is 30.2 Å². The predicted octanol–water partition coefficient (Wildman–Crippen LogP) is 4.06. The fourth-order valence-corrected chi connectivity index (χ4v) is 2.49. The fraction of sp³-hybridized carbons (Fsp3) is 0.200. The molecule has 0 aliphatic heterocycles. The van der Waals surface area contributed by atoms with Crippen LogP contribution in [-0.4, -0.2) is 30.2 Å². The first-order valence-corrected chi connectivity index (χ1v) is 9.22. The van der Waals surface area contributed by atoms with Gasteiger partial charge in [-0.15, -0.1) is 0 Å². The minimum atomic E-state index is -0.681. The standard InChI is InChI=1S/C20H17Cl2NO6/c1-12(24)29-15-5-2-13(3-6-15)18(25)11-28-20(27)9-8-19(26)23-14-4-7-16(21)17(22)10-14/h2-7,10H,8-9,11H2,1H3,(H,23,26). The number of carbonyl (C=O) groups excluding carboxylic acids is 4. The molecule has 0 aliphatic rings. The first kappa shape index (κ1) is 22.4. The second-order valence-electron chi connectivity index (χ2n) is 5.88. The van der Waals surface area contributed by atoms with Crippen molar-refractivity contribution >= 4 is 52.5 Å². The molecule has 0 aliphatic carbocycles. The Balaban J connectivity index is 1.74. The van der Waals surface area contributed by atoms with Gasteiger partial charge in [0, 0.05) is 24.6 Å². The molecule has 0 fully saturated rings. The molecule has 2 aromatic rings. The molecule has 7 nitrogen and oxygen atoms in total. The first-order valence-electron chi connectivity index (χ1n) is 8.47. The molecule has 2 aromatic carbocycles. The van der Waals surface area contributed by atoms with Gasteiger partial charge in [-0.05, 0) is 42.5 Å². The molecule has 0 saturated heterocycles. The van der Waals surface area contributed by atoms with E-state index in [2.05, 4.69) is 5.32 Å². The van der Waals surface area contributed by atoms with Crippen LogP contribution in [0.5, 0.6) is 5.75 Å². The number of benzene rings is 2. The molecule has 0 spiro atoms. The number of esters is 2. The number of halogens is 2. The predicted molar refractivity (Wildman–Crippen MR) is 107 cm³/mol. The van der Waals surface area contributed by atoms with Crippen molar-refractivity contribution in [3.8, 4) is 5.75 Å². The van der Waals surface area contributed by atoms with Crippen LogP contribution in [0.25, 0.3) is 0 Å². The van der Waals surface area contributed by atoms with E-state index >= 15 is 0 Å². The number of nitrogens with one attached hydrogen (secondary N) is 1. The third-order valence-electron chi connectivity index (χ3n) is 3.56. The van der Waals surface area contributed by atoms with Gasteiger partial charge in [-0.1, -0.05) is 23.2 Å². The number of hydrogen-bond donors (Lipinski definition) is 1. The third kappa shape index (κ3) is 7.56. The zero-order valence-corrected chi connectivity index (χ0v) is 16.9. The summed E-state index contributed by atoms with van der Waals surface area (Å²) in [7, 11) is 0. The van der Waals surface area contributed by atoms with Crippen LogP contribution in [0.3, 0.4) is 0 Å². The Labute approximate surface area is 176 Å². The Bertz CT molecular complexity index is 927. The maximum absolute atomic E-state index is 12.0. The van der Waals surface area contributed by atoms with Crippen LogP contribution in [-0.2, 0) is 19.1 Å². The summed E-state index contributed by atoms with van der Waals surface area (Å²) in [6.45, 7) is 0.809. The van der Waals surface area contributed by atoms with Crippen molar-refractivity contribution < 1.29 is 28.7 Å². The molecule has 0 radical (unpaired) electrons. The van der Waals surface area contributed by atoms with Crippen molar-refractivity contribution in [1.29, 1.82) is 0 Å². The summed E-state index contributed by atoms with van der Waals surface area (Å²) >= 11 is 11.7. The Morgan fingerprint density at radius 2 is 1.62 bits per heavy atom. The summed E-state index contributed by atoms with van der Waals surface area (Å²) in [6.07, 6.45) is -0.309. The lowest BCUT2D eigenvalue weighted by Crippen LogP contribution is -2.17. The third-order valence-corrected chi connectivity index (χ3v) is 4.30. The van der Waals surface area contributed by atoms with Crippen molar-refractivity contribution in [3.05, 3.63) is 58.1 Å². The van der Waals surface area contributed by atoms with E-state index in [9.17, 15) is 19.2 Å². The average molecular weight is 438 g/mol. The second kappa shape index (κ2) is 10.6. The molecule has 29 heavy (non-hydrogen) atoms. The van der Waals surface area contributed by atoms with Gasteiger partial charge in [-0.3, -0.25) is 19.2 Å². The number of carbonyl (C=O) groups is 4. The summed E-state index contributed by atoms with van der Waals surface area (Å²) < 4.78 is 9.77. The summed E-state index contributed by atoms with van der Waals surface area (Å²) in [4.78, 5) is 46.5. The number of anilines is 1. The van der Waals surface area contributed by atoms with E-state index in [4.69, 9.17) is 32.7 Å². The molecule has 0 bridgehead atoms. The van der Waals surface area contributed by atoms with Crippen molar-refractivity contribution in [2.24, 2.45) is 0 Å². The number of ether oxygens (including phenoxy) is 2. The van der Waals surface area contributed by atoms with Crippen LogP contribution >= 0.6 is 23.2 Å². The van der Waals surface area contributed by atoms with Gasteiger partial charge in [0.1, 0.15) is 5.75 Å². The zero-order valence-electron chi connectivity index (χ0n) is 15.4. The van der Waals surface area contributed by atoms with Gasteiger partial charge in [0.2, 0.25) is 5.91 Å². The van der Waals surface area contributed by atoms with Gasteiger partial charge in [0.25, 0.3) is 0 Å². The quantitative estimate of drug-likeness (QED) is 0.379. The van der Waals surface area contributed by atoms with Crippen LogP contribution < -0.4 is 10.1 Å². The average Bonchev–Trinajstić information content (AvgIpc) is 2.67. The van der Waals surface area contributed by atoms with Gasteiger partial charge in [0.15, 0.2) is 12.4 Å². The molecule has 152 valence electrons. The van der Waals surface area contributed by atoms with Crippen molar-refractivity contribution in [2.45, 2.75) is 19.8 Å². The van der Waals surface area contributed by atoms with Gasteiger partial charge in [-0.2, -0.15) is 0 Å². The highest BCUT2D eigenvalue weighted by Gasteiger charge is 2.13. The summed E-state index contributed by atoms with van der Waals surface area (Å²) in [5, 5.41) is 3.24. The smallest absolute Gasteiger partial charge is 0.308 e. The Hall–Kier alpha value is -2.90. The van der Waals surface area contributed by atoms with E-state index in [1.807, 2.05) is 0 Å². The van der Waals surface area contributed by atoms with Crippen LogP contribution in [0.2, 0.25) is 10.0 Å². The van der Waals surface area contributed by atoms with Gasteiger partial charge >= 0.3 is 11.9 Å². The van der Waals surface area contributed by atoms with E-state index in [0.717, 1.165) is 0 Å². The lowest BCUT2D eigenvalue weighted by molar-refractivity contribution is -0.143. The number of hydrogen-bond acceptors (Lipinski definition) is 6. The normalized spacial score (nSPS) is 10.2. The molecule has 1 N–H and O–H groups in total. The lowest BCUT2D eigenvalue weighted by atomic mass is 10.1. The number of Topliss-reactive ketones (excluding diaryl/α,β-unsaturated/α-hetero) is 1. The Morgan fingerprint density at radius 1 is 0.931 bits per heavy atom. The summed E-state index contributed by atoms with van der Waals surface area (Å²) in [6, 6.07) is 10.4. The molecule has 0 aromatic heterocycles. The lowest BCUT2D eigenvalue weighted by Gasteiger charge is -2.07. The summed E-state index contributed by atoms with van der Waals surface area (Å²) in [5.41, 5.74) is 0.746. The molecular formula is C20H17Cl2NO6. The van der Waals surface area contributed by atoms with Crippen molar-refractivity contribution in [2.75, 3.05) is 11.9 Å². The fourth-order valence-electron chi connectivity index (χ4n) is 2.19. The molecule has 0 heterocycles. The molecule has 9 heteroatoms. The largest absolute Gasteiger partial charge is 0.457 e. The van der Waals surface area contributed by atoms with E-state index in [0.29, 0.717) is 27.0 Å². The topological polar surface area (TPSA) is 98.8 Å². The molecule has 0 saturated carbocycles. The van der Waals surface area contributed by atoms with Crippen molar-refractivity contribution in [1.82, 2.24) is 0 Å². The van der Waals surface area contributed by atoms with Gasteiger partial charge in [0.05, 0.1) is 16.5 Å². The minimum Gasteiger partial charge on any atom is -0.457 e. The SMILES string of the molecule is CC(=O)Oc1ccc(C(=O)COC(=O)CCC(=O)Nc2ccc(Cl)c(Cl)c2)cc1. The molecule has 2 rings (SSSR count). The Kier molecular flexibility index (Phi) is 8.18. The maximum Gasteiger partial charge on any atom is 0.308 e. The van der Waals surface area contributed by atoms with Crippen LogP contribution in [0.1, 0.15) is 30.1 Å². The Morgan fingerprint density at radius 3 is 2.24 bits per heavy atom. The van der Waals surface area contributed by atoms with Crippen LogP contribution in [0.15, 0.2) is 42.5 Å². The highest BCUT2D eigenvalue weighted by molar-refractivity contribution is 6.42. The van der Waals surface area contributed by atoms with E-state index in [1.165, 1.54) is 43.3 Å². The minimum absolute atomic E-state index is 0.121. The van der Waals surface area contributed by atoms with Crippen LogP contribution in [0.4, 0.5) is 5.69 Å². The molecule has 0 atom stereocenters. The first-order chi connectivity index (χ1) is 13.7. The number of ketones is 1. The molecule has 1 amide bonds. The molecule has 0 unspecified atom stereocenters. The molecular weight excluding hydrogens is 421 g/mol. The number of rotatable bonds is 8. The van der Waals surface area contributed by atoms with Gasteiger partial charge < -0.3 is 14.8 Å².